The molecule has 0 aliphatic heterocycles. The van der Waals surface area contributed by atoms with Crippen LogP contribution in [0.2, 0.25) is 0 Å². The second-order valence-electron chi connectivity index (χ2n) is 4.48. The molecule has 1 fully saturated rings. The first-order chi connectivity index (χ1) is 6.84. The Morgan fingerprint density at radius 1 is 1.14 bits per heavy atom. The predicted molar refractivity (Wildman–Crippen MR) is 60.1 cm³/mol. The number of benzene rings is 1. The lowest BCUT2D eigenvalue weighted by atomic mass is 9.82. The van der Waals surface area contributed by atoms with Gasteiger partial charge in [-0.2, -0.15) is 0 Å². The summed E-state index contributed by atoms with van der Waals surface area (Å²) in [5.41, 5.74) is 7.44. The molecule has 2 atom stereocenters. The largest absolute Gasteiger partial charge is 0.328 e. The maximum Gasteiger partial charge on any atom is 0.00415 e. The van der Waals surface area contributed by atoms with Crippen LogP contribution in [-0.4, -0.2) is 6.04 Å². The zero-order chi connectivity index (χ0) is 9.80. The summed E-state index contributed by atoms with van der Waals surface area (Å²) < 4.78 is 0. The highest BCUT2D eigenvalue weighted by atomic mass is 14.6. The number of hydrogen-bond donors (Lipinski definition) is 1. The van der Waals surface area contributed by atoms with E-state index in [1.807, 2.05) is 0 Å². The minimum Gasteiger partial charge on any atom is -0.328 e. The van der Waals surface area contributed by atoms with Crippen molar-refractivity contribution < 1.29 is 0 Å². The first-order valence-electron chi connectivity index (χ1n) is 5.64. The quantitative estimate of drug-likeness (QED) is 0.760. The van der Waals surface area contributed by atoms with Gasteiger partial charge in [-0.25, -0.2) is 0 Å². The van der Waals surface area contributed by atoms with Crippen LogP contribution < -0.4 is 5.73 Å². The van der Waals surface area contributed by atoms with E-state index < -0.39 is 0 Å². The SMILES string of the molecule is N[C@H]1CCC[C@H](Cc2ccccc2)C1. The van der Waals surface area contributed by atoms with E-state index in [1.165, 1.54) is 37.7 Å². The van der Waals surface area contributed by atoms with Crippen molar-refractivity contribution in [2.75, 3.05) is 0 Å². The summed E-state index contributed by atoms with van der Waals surface area (Å²) in [7, 11) is 0. The van der Waals surface area contributed by atoms with E-state index >= 15 is 0 Å². The van der Waals surface area contributed by atoms with Crippen LogP contribution in [0.4, 0.5) is 0 Å². The Morgan fingerprint density at radius 2 is 1.93 bits per heavy atom. The molecule has 0 saturated heterocycles. The lowest BCUT2D eigenvalue weighted by Crippen LogP contribution is -2.28. The monoisotopic (exact) mass is 189 g/mol. The van der Waals surface area contributed by atoms with Crippen molar-refractivity contribution in [1.29, 1.82) is 0 Å². The first kappa shape index (κ1) is 9.72. The van der Waals surface area contributed by atoms with E-state index in [0.717, 1.165) is 5.92 Å². The van der Waals surface area contributed by atoms with Gasteiger partial charge in [0, 0.05) is 6.04 Å². The minimum absolute atomic E-state index is 0.456. The Balaban J connectivity index is 1.91. The summed E-state index contributed by atoms with van der Waals surface area (Å²) >= 11 is 0. The summed E-state index contributed by atoms with van der Waals surface area (Å²) in [4.78, 5) is 0. The van der Waals surface area contributed by atoms with E-state index in [1.54, 1.807) is 0 Å². The maximum atomic E-state index is 5.98. The molecule has 0 bridgehead atoms. The van der Waals surface area contributed by atoms with E-state index in [-0.39, 0.29) is 0 Å². The van der Waals surface area contributed by atoms with Crippen LogP contribution in [0.5, 0.6) is 0 Å². The van der Waals surface area contributed by atoms with Crippen LogP contribution in [0.3, 0.4) is 0 Å². The van der Waals surface area contributed by atoms with Crippen LogP contribution >= 0.6 is 0 Å². The average molecular weight is 189 g/mol. The molecular formula is C13H19N. The smallest absolute Gasteiger partial charge is 0.00415 e. The van der Waals surface area contributed by atoms with Gasteiger partial charge in [0.15, 0.2) is 0 Å². The second-order valence-corrected chi connectivity index (χ2v) is 4.48. The highest BCUT2D eigenvalue weighted by Gasteiger charge is 2.18. The fourth-order valence-corrected chi connectivity index (χ4v) is 2.47. The molecule has 2 N–H and O–H groups in total. The van der Waals surface area contributed by atoms with Gasteiger partial charge < -0.3 is 5.73 Å². The van der Waals surface area contributed by atoms with Gasteiger partial charge in [-0.3, -0.25) is 0 Å². The molecule has 14 heavy (non-hydrogen) atoms. The summed E-state index contributed by atoms with van der Waals surface area (Å²) in [5.74, 6) is 0.821. The number of nitrogens with two attached hydrogens (primary N) is 1. The molecule has 1 aliphatic carbocycles. The highest BCUT2D eigenvalue weighted by Crippen LogP contribution is 2.26. The fraction of sp³-hybridized carbons (Fsp3) is 0.538. The Labute approximate surface area is 86.3 Å². The third-order valence-corrected chi connectivity index (χ3v) is 3.19. The van der Waals surface area contributed by atoms with Crippen molar-refractivity contribution in [2.24, 2.45) is 11.7 Å². The first-order valence-corrected chi connectivity index (χ1v) is 5.64. The van der Waals surface area contributed by atoms with E-state index in [4.69, 9.17) is 5.73 Å². The Hall–Kier alpha value is -0.820. The van der Waals surface area contributed by atoms with Crippen LogP contribution in [0, 0.1) is 5.92 Å². The Bertz CT molecular complexity index is 268. The minimum atomic E-state index is 0.456. The predicted octanol–water partition coefficient (Wildman–Crippen LogP) is 2.75. The molecule has 0 unspecified atom stereocenters. The van der Waals surface area contributed by atoms with Gasteiger partial charge in [-0.1, -0.05) is 43.2 Å². The molecule has 76 valence electrons. The van der Waals surface area contributed by atoms with Crippen molar-refractivity contribution in [1.82, 2.24) is 0 Å². The van der Waals surface area contributed by atoms with Crippen LogP contribution in [0.15, 0.2) is 30.3 Å². The number of hydrogen-bond acceptors (Lipinski definition) is 1. The van der Waals surface area contributed by atoms with Crippen molar-refractivity contribution in [3.63, 3.8) is 0 Å². The molecule has 0 spiro atoms. The summed E-state index contributed by atoms with van der Waals surface area (Å²) in [6.45, 7) is 0. The molecule has 0 radical (unpaired) electrons. The van der Waals surface area contributed by atoms with Crippen LogP contribution in [0.25, 0.3) is 0 Å². The third kappa shape index (κ3) is 2.58. The molecule has 0 amide bonds. The van der Waals surface area contributed by atoms with Gasteiger partial charge in [-0.05, 0) is 30.7 Å². The lowest BCUT2D eigenvalue weighted by molar-refractivity contribution is 0.321. The number of rotatable bonds is 2. The molecule has 0 aromatic heterocycles. The lowest BCUT2D eigenvalue weighted by Gasteiger charge is -2.26. The standard InChI is InChI=1S/C13H19N/c14-13-8-4-7-12(10-13)9-11-5-2-1-3-6-11/h1-3,5-6,12-13H,4,7-10,14H2/t12-,13+/m1/s1. The second kappa shape index (κ2) is 4.61. The Kier molecular flexibility index (Phi) is 3.20. The third-order valence-electron chi connectivity index (χ3n) is 3.19. The van der Waals surface area contributed by atoms with Gasteiger partial charge in [0.2, 0.25) is 0 Å². The van der Waals surface area contributed by atoms with E-state index in [0.29, 0.717) is 6.04 Å². The Morgan fingerprint density at radius 3 is 2.64 bits per heavy atom. The zero-order valence-corrected chi connectivity index (χ0v) is 8.65. The molecule has 1 saturated carbocycles. The zero-order valence-electron chi connectivity index (χ0n) is 8.65. The normalized spacial score (nSPS) is 27.5. The molecular weight excluding hydrogens is 170 g/mol. The summed E-state index contributed by atoms with van der Waals surface area (Å²) in [6, 6.07) is 11.2. The summed E-state index contributed by atoms with van der Waals surface area (Å²) in [6.07, 6.45) is 6.34. The molecule has 1 heteroatoms. The average Bonchev–Trinajstić information content (AvgIpc) is 2.19. The van der Waals surface area contributed by atoms with Gasteiger partial charge in [-0.15, -0.1) is 0 Å². The van der Waals surface area contributed by atoms with Crippen molar-refractivity contribution in [3.05, 3.63) is 35.9 Å². The maximum absolute atomic E-state index is 5.98. The molecule has 0 heterocycles. The van der Waals surface area contributed by atoms with Gasteiger partial charge >= 0.3 is 0 Å². The summed E-state index contributed by atoms with van der Waals surface area (Å²) in [5, 5.41) is 0. The molecule has 1 aromatic rings. The van der Waals surface area contributed by atoms with Crippen molar-refractivity contribution >= 4 is 0 Å². The van der Waals surface area contributed by atoms with Crippen molar-refractivity contribution in [3.8, 4) is 0 Å². The van der Waals surface area contributed by atoms with Gasteiger partial charge in [0.05, 0.1) is 0 Å². The van der Waals surface area contributed by atoms with Crippen LogP contribution in [0.1, 0.15) is 31.2 Å². The molecule has 1 aliphatic rings. The molecule has 2 rings (SSSR count). The van der Waals surface area contributed by atoms with Gasteiger partial charge in [0.1, 0.15) is 0 Å². The highest BCUT2D eigenvalue weighted by molar-refractivity contribution is 5.15. The topological polar surface area (TPSA) is 26.0 Å². The molecule has 1 nitrogen and oxygen atoms in total. The van der Waals surface area contributed by atoms with E-state index in [9.17, 15) is 0 Å². The fourth-order valence-electron chi connectivity index (χ4n) is 2.47. The van der Waals surface area contributed by atoms with Crippen LogP contribution in [-0.2, 0) is 6.42 Å². The van der Waals surface area contributed by atoms with Gasteiger partial charge in [0.25, 0.3) is 0 Å². The van der Waals surface area contributed by atoms with Crippen molar-refractivity contribution in [2.45, 2.75) is 38.1 Å². The van der Waals surface area contributed by atoms with E-state index in [2.05, 4.69) is 30.3 Å². The molecule has 1 aromatic carbocycles.